The van der Waals surface area contributed by atoms with Gasteiger partial charge in [0.2, 0.25) is 5.75 Å². The Kier molecular flexibility index (Phi) is 6.31. The molecule has 0 radical (unpaired) electrons. The standard InChI is InChI=1S/C17H18BrNO5/c1-21-14-8-12(9-15(22-2)17(14)23-3)19-16(20)10-24-13-6-4-5-11(18)7-13/h4-9H,10H2,1-3H3,(H,19,20). The number of benzene rings is 2. The zero-order valence-corrected chi connectivity index (χ0v) is 15.2. The molecule has 0 fully saturated rings. The van der Waals surface area contributed by atoms with Gasteiger partial charge in [-0.3, -0.25) is 4.79 Å². The molecule has 24 heavy (non-hydrogen) atoms. The Morgan fingerprint density at radius 2 is 1.71 bits per heavy atom. The van der Waals surface area contributed by atoms with E-state index in [9.17, 15) is 4.79 Å². The van der Waals surface area contributed by atoms with Crippen molar-refractivity contribution in [1.82, 2.24) is 0 Å². The number of hydrogen-bond acceptors (Lipinski definition) is 5. The number of amides is 1. The zero-order chi connectivity index (χ0) is 17.5. The van der Waals surface area contributed by atoms with E-state index in [0.29, 0.717) is 28.7 Å². The van der Waals surface area contributed by atoms with Crippen LogP contribution in [-0.4, -0.2) is 33.8 Å². The number of anilines is 1. The van der Waals surface area contributed by atoms with Crippen molar-refractivity contribution in [3.63, 3.8) is 0 Å². The molecule has 0 saturated carbocycles. The van der Waals surface area contributed by atoms with Gasteiger partial charge in [-0.1, -0.05) is 22.0 Å². The Labute approximate surface area is 148 Å². The average molecular weight is 396 g/mol. The van der Waals surface area contributed by atoms with E-state index in [1.54, 1.807) is 24.3 Å². The molecule has 0 aliphatic rings. The Morgan fingerprint density at radius 1 is 1.04 bits per heavy atom. The first-order valence-electron chi connectivity index (χ1n) is 7.05. The molecule has 1 amide bonds. The van der Waals surface area contributed by atoms with Crippen LogP contribution in [0.3, 0.4) is 0 Å². The lowest BCUT2D eigenvalue weighted by molar-refractivity contribution is -0.118. The fourth-order valence-electron chi connectivity index (χ4n) is 2.06. The highest BCUT2D eigenvalue weighted by Gasteiger charge is 2.14. The van der Waals surface area contributed by atoms with Gasteiger partial charge in [-0.05, 0) is 18.2 Å². The van der Waals surface area contributed by atoms with E-state index in [4.69, 9.17) is 18.9 Å². The van der Waals surface area contributed by atoms with Crippen molar-refractivity contribution in [3.8, 4) is 23.0 Å². The van der Waals surface area contributed by atoms with E-state index in [0.717, 1.165) is 4.47 Å². The summed E-state index contributed by atoms with van der Waals surface area (Å²) in [5.41, 5.74) is 0.521. The summed E-state index contributed by atoms with van der Waals surface area (Å²) in [5.74, 6) is 1.68. The first kappa shape index (κ1) is 17.9. The minimum atomic E-state index is -0.302. The number of carbonyl (C=O) groups is 1. The van der Waals surface area contributed by atoms with Crippen molar-refractivity contribution in [3.05, 3.63) is 40.9 Å². The number of halogens is 1. The molecule has 0 saturated heterocycles. The van der Waals surface area contributed by atoms with Gasteiger partial charge in [0.05, 0.1) is 21.3 Å². The molecule has 0 aliphatic heterocycles. The normalized spacial score (nSPS) is 10.0. The van der Waals surface area contributed by atoms with Crippen molar-refractivity contribution < 1.29 is 23.7 Å². The molecule has 0 heterocycles. The van der Waals surface area contributed by atoms with Gasteiger partial charge < -0.3 is 24.3 Å². The van der Waals surface area contributed by atoms with E-state index in [-0.39, 0.29) is 12.5 Å². The summed E-state index contributed by atoms with van der Waals surface area (Å²) < 4.78 is 22.1. The predicted octanol–water partition coefficient (Wildman–Crippen LogP) is 3.49. The molecular weight excluding hydrogens is 378 g/mol. The fourth-order valence-corrected chi connectivity index (χ4v) is 2.43. The highest BCUT2D eigenvalue weighted by atomic mass is 79.9. The molecule has 0 bridgehead atoms. The van der Waals surface area contributed by atoms with Gasteiger partial charge in [-0.25, -0.2) is 0 Å². The summed E-state index contributed by atoms with van der Waals surface area (Å²) in [4.78, 5) is 12.1. The molecule has 0 aromatic heterocycles. The SMILES string of the molecule is COc1cc(NC(=O)COc2cccc(Br)c2)cc(OC)c1OC. The molecule has 0 spiro atoms. The molecule has 0 unspecified atom stereocenters. The molecular formula is C17H18BrNO5. The van der Waals surface area contributed by atoms with E-state index >= 15 is 0 Å². The van der Waals surface area contributed by atoms with E-state index in [1.807, 2.05) is 12.1 Å². The third-order valence-corrected chi connectivity index (χ3v) is 3.61. The summed E-state index contributed by atoms with van der Waals surface area (Å²) in [6.07, 6.45) is 0. The average Bonchev–Trinajstić information content (AvgIpc) is 2.59. The van der Waals surface area contributed by atoms with Gasteiger partial charge in [0.25, 0.3) is 5.91 Å². The number of nitrogens with one attached hydrogen (secondary N) is 1. The fraction of sp³-hybridized carbons (Fsp3) is 0.235. The lowest BCUT2D eigenvalue weighted by Gasteiger charge is -2.14. The van der Waals surface area contributed by atoms with Crippen LogP contribution in [0.4, 0.5) is 5.69 Å². The van der Waals surface area contributed by atoms with Crippen LogP contribution in [0, 0.1) is 0 Å². The molecule has 2 aromatic carbocycles. The van der Waals surface area contributed by atoms with Gasteiger partial charge in [0.15, 0.2) is 18.1 Å². The second-order valence-corrected chi connectivity index (χ2v) is 5.62. The number of carbonyl (C=O) groups excluding carboxylic acids is 1. The van der Waals surface area contributed by atoms with Crippen LogP contribution >= 0.6 is 15.9 Å². The Balaban J connectivity index is 2.05. The van der Waals surface area contributed by atoms with Gasteiger partial charge in [0, 0.05) is 22.3 Å². The monoisotopic (exact) mass is 395 g/mol. The van der Waals surface area contributed by atoms with Gasteiger partial charge in [-0.2, -0.15) is 0 Å². The second kappa shape index (κ2) is 8.44. The topological polar surface area (TPSA) is 66.0 Å². The molecule has 0 aliphatic carbocycles. The number of ether oxygens (including phenoxy) is 4. The second-order valence-electron chi connectivity index (χ2n) is 4.71. The van der Waals surface area contributed by atoms with E-state index in [2.05, 4.69) is 21.2 Å². The number of rotatable bonds is 7. The van der Waals surface area contributed by atoms with Crippen LogP contribution in [-0.2, 0) is 4.79 Å². The van der Waals surface area contributed by atoms with Crippen molar-refractivity contribution in [2.24, 2.45) is 0 Å². The van der Waals surface area contributed by atoms with Crippen LogP contribution in [0.15, 0.2) is 40.9 Å². The van der Waals surface area contributed by atoms with Gasteiger partial charge >= 0.3 is 0 Å². The van der Waals surface area contributed by atoms with Crippen LogP contribution in [0.1, 0.15) is 0 Å². The summed E-state index contributed by atoms with van der Waals surface area (Å²) in [6.45, 7) is -0.118. The summed E-state index contributed by atoms with van der Waals surface area (Å²) in [6, 6.07) is 10.6. The first-order chi connectivity index (χ1) is 11.6. The van der Waals surface area contributed by atoms with E-state index in [1.165, 1.54) is 21.3 Å². The Morgan fingerprint density at radius 3 is 2.25 bits per heavy atom. The quantitative estimate of drug-likeness (QED) is 0.776. The highest BCUT2D eigenvalue weighted by Crippen LogP contribution is 2.39. The lowest BCUT2D eigenvalue weighted by atomic mass is 10.2. The van der Waals surface area contributed by atoms with Crippen LogP contribution in [0.2, 0.25) is 0 Å². The highest BCUT2D eigenvalue weighted by molar-refractivity contribution is 9.10. The van der Waals surface area contributed by atoms with Crippen molar-refractivity contribution in [1.29, 1.82) is 0 Å². The van der Waals surface area contributed by atoms with Crippen molar-refractivity contribution in [2.45, 2.75) is 0 Å². The predicted molar refractivity (Wildman–Crippen MR) is 94.4 cm³/mol. The molecule has 7 heteroatoms. The Bertz CT molecular complexity index is 695. The third kappa shape index (κ3) is 4.55. The molecule has 2 rings (SSSR count). The maximum absolute atomic E-state index is 12.1. The number of methoxy groups -OCH3 is 3. The molecule has 1 N–H and O–H groups in total. The minimum absolute atomic E-state index is 0.118. The van der Waals surface area contributed by atoms with Crippen molar-refractivity contribution >= 4 is 27.5 Å². The third-order valence-electron chi connectivity index (χ3n) is 3.11. The van der Waals surface area contributed by atoms with Crippen LogP contribution in [0.25, 0.3) is 0 Å². The molecule has 128 valence electrons. The summed E-state index contributed by atoms with van der Waals surface area (Å²) >= 11 is 3.35. The van der Waals surface area contributed by atoms with Gasteiger partial charge in [0.1, 0.15) is 5.75 Å². The Hall–Kier alpha value is -2.41. The molecule has 6 nitrogen and oxygen atoms in total. The smallest absolute Gasteiger partial charge is 0.262 e. The molecule has 2 aromatic rings. The van der Waals surface area contributed by atoms with Crippen LogP contribution < -0.4 is 24.3 Å². The van der Waals surface area contributed by atoms with Crippen molar-refractivity contribution in [2.75, 3.05) is 33.3 Å². The van der Waals surface area contributed by atoms with Gasteiger partial charge in [-0.15, -0.1) is 0 Å². The van der Waals surface area contributed by atoms with E-state index < -0.39 is 0 Å². The minimum Gasteiger partial charge on any atom is -0.493 e. The maximum Gasteiger partial charge on any atom is 0.262 e. The maximum atomic E-state index is 12.1. The zero-order valence-electron chi connectivity index (χ0n) is 13.6. The lowest BCUT2D eigenvalue weighted by Crippen LogP contribution is -2.20. The number of hydrogen-bond donors (Lipinski definition) is 1. The summed E-state index contributed by atoms with van der Waals surface area (Å²) in [5, 5.41) is 2.74. The molecule has 0 atom stereocenters. The first-order valence-corrected chi connectivity index (χ1v) is 7.85. The summed E-state index contributed by atoms with van der Waals surface area (Å²) in [7, 11) is 4.54. The largest absolute Gasteiger partial charge is 0.493 e. The van der Waals surface area contributed by atoms with Crippen LogP contribution in [0.5, 0.6) is 23.0 Å².